The molecule has 0 radical (unpaired) electrons. The number of pyridine rings is 1. The molecule has 0 saturated carbocycles. The van der Waals surface area contributed by atoms with Gasteiger partial charge in [0.15, 0.2) is 0 Å². The molecule has 0 bridgehead atoms. The Hall–Kier alpha value is -1.48. The van der Waals surface area contributed by atoms with E-state index in [0.717, 1.165) is 12.2 Å². The Kier molecular flexibility index (Phi) is 3.23. The number of hydrogen-bond acceptors (Lipinski definition) is 2. The van der Waals surface area contributed by atoms with Gasteiger partial charge in [-0.05, 0) is 16.9 Å². The topological polar surface area (TPSA) is 16.1 Å². The monoisotopic (exact) mass is 258 g/mol. The second-order valence-electron chi connectivity index (χ2n) is 5.66. The molecule has 1 saturated heterocycles. The summed E-state index contributed by atoms with van der Waals surface area (Å²) in [5.41, 5.74) is 2.35. The summed E-state index contributed by atoms with van der Waals surface area (Å²) in [6.45, 7) is 6.24. The number of aromatic nitrogens is 1. The van der Waals surface area contributed by atoms with Crippen LogP contribution < -0.4 is 0 Å². The molecule has 0 aliphatic carbocycles. The second kappa shape index (κ2) is 4.89. The molecule has 1 aliphatic rings. The zero-order chi connectivity index (χ0) is 13.4. The molecular weight excluding hydrogens is 239 g/mol. The van der Waals surface area contributed by atoms with Crippen LogP contribution in [0.4, 0.5) is 4.39 Å². The number of fused-ring (bicyclic) bond motifs is 1. The van der Waals surface area contributed by atoms with Gasteiger partial charge in [-0.15, -0.1) is 0 Å². The molecule has 2 heterocycles. The molecule has 3 heteroatoms. The maximum absolute atomic E-state index is 12.9. The summed E-state index contributed by atoms with van der Waals surface area (Å²) >= 11 is 0. The first-order chi connectivity index (χ1) is 9.15. The molecule has 0 amide bonds. The maximum atomic E-state index is 12.9. The fraction of sp³-hybridized carbons (Fsp3) is 0.438. The zero-order valence-electron chi connectivity index (χ0n) is 11.4. The largest absolute Gasteiger partial charge is 0.293 e. The number of nitrogens with zero attached hydrogens (tertiary/aromatic N) is 2. The third-order valence-electron chi connectivity index (χ3n) is 3.76. The summed E-state index contributed by atoms with van der Waals surface area (Å²) < 4.78 is 12.9. The van der Waals surface area contributed by atoms with Crippen LogP contribution in [0, 0.1) is 0 Å². The van der Waals surface area contributed by atoms with Gasteiger partial charge in [-0.1, -0.05) is 38.1 Å². The van der Waals surface area contributed by atoms with E-state index in [1.807, 2.05) is 6.20 Å². The number of hydrogen-bond donors (Lipinski definition) is 0. The van der Waals surface area contributed by atoms with Crippen LogP contribution in [0.3, 0.4) is 0 Å². The van der Waals surface area contributed by atoms with Gasteiger partial charge in [0.05, 0.1) is 5.69 Å². The number of halogens is 1. The molecule has 1 fully saturated rings. The van der Waals surface area contributed by atoms with E-state index in [1.165, 1.54) is 16.3 Å². The fourth-order valence-corrected chi connectivity index (χ4v) is 2.74. The van der Waals surface area contributed by atoms with Crippen molar-refractivity contribution in [2.24, 2.45) is 0 Å². The van der Waals surface area contributed by atoms with E-state index in [0.29, 0.717) is 19.0 Å². The van der Waals surface area contributed by atoms with Crippen molar-refractivity contribution in [1.29, 1.82) is 0 Å². The molecule has 2 aromatic rings. The number of benzene rings is 1. The SMILES string of the molecule is CC(C)c1ncc(CN2CC(F)C2)c2ccccc12. The zero-order valence-corrected chi connectivity index (χ0v) is 11.4. The smallest absolute Gasteiger partial charge is 0.125 e. The van der Waals surface area contributed by atoms with Crippen LogP contribution in [0.5, 0.6) is 0 Å². The minimum atomic E-state index is -0.644. The average Bonchev–Trinajstić information content (AvgIpc) is 2.36. The molecule has 100 valence electrons. The molecule has 0 spiro atoms. The summed E-state index contributed by atoms with van der Waals surface area (Å²) in [7, 11) is 0. The van der Waals surface area contributed by atoms with Crippen LogP contribution in [0.1, 0.15) is 31.0 Å². The van der Waals surface area contributed by atoms with Gasteiger partial charge in [0, 0.05) is 31.2 Å². The Balaban J connectivity index is 1.99. The summed E-state index contributed by atoms with van der Waals surface area (Å²) in [5.74, 6) is 0.415. The highest BCUT2D eigenvalue weighted by Crippen LogP contribution is 2.27. The first-order valence-electron chi connectivity index (χ1n) is 6.88. The summed E-state index contributed by atoms with van der Waals surface area (Å²) in [4.78, 5) is 6.74. The van der Waals surface area contributed by atoms with E-state index in [4.69, 9.17) is 0 Å². The van der Waals surface area contributed by atoms with E-state index in [1.54, 1.807) is 0 Å². The highest BCUT2D eigenvalue weighted by Gasteiger charge is 2.26. The van der Waals surface area contributed by atoms with Gasteiger partial charge < -0.3 is 0 Å². The Morgan fingerprint density at radius 1 is 1.26 bits per heavy atom. The van der Waals surface area contributed by atoms with Gasteiger partial charge in [0.25, 0.3) is 0 Å². The van der Waals surface area contributed by atoms with E-state index >= 15 is 0 Å². The molecule has 1 aromatic carbocycles. The molecule has 3 rings (SSSR count). The lowest BCUT2D eigenvalue weighted by atomic mass is 9.98. The van der Waals surface area contributed by atoms with Gasteiger partial charge >= 0.3 is 0 Å². The van der Waals surface area contributed by atoms with Gasteiger partial charge in [-0.25, -0.2) is 4.39 Å². The normalized spacial score (nSPS) is 17.1. The van der Waals surface area contributed by atoms with Crippen LogP contribution in [-0.2, 0) is 6.54 Å². The highest BCUT2D eigenvalue weighted by molar-refractivity contribution is 5.87. The molecule has 0 atom stereocenters. The summed E-state index contributed by atoms with van der Waals surface area (Å²) in [5, 5.41) is 2.48. The molecule has 1 aliphatic heterocycles. The molecular formula is C16H19FN2. The van der Waals surface area contributed by atoms with Gasteiger partial charge in [0.2, 0.25) is 0 Å². The lowest BCUT2D eigenvalue weighted by Gasteiger charge is -2.34. The number of rotatable bonds is 3. The minimum absolute atomic E-state index is 0.415. The maximum Gasteiger partial charge on any atom is 0.125 e. The molecule has 0 unspecified atom stereocenters. The Labute approximate surface area is 113 Å². The van der Waals surface area contributed by atoms with E-state index < -0.39 is 6.17 Å². The van der Waals surface area contributed by atoms with Crippen LogP contribution >= 0.6 is 0 Å². The van der Waals surface area contributed by atoms with Crippen LogP contribution in [0.2, 0.25) is 0 Å². The Morgan fingerprint density at radius 3 is 2.58 bits per heavy atom. The second-order valence-corrected chi connectivity index (χ2v) is 5.66. The highest BCUT2D eigenvalue weighted by atomic mass is 19.1. The molecule has 0 N–H and O–H groups in total. The Morgan fingerprint density at radius 2 is 1.95 bits per heavy atom. The van der Waals surface area contributed by atoms with Gasteiger partial charge in [0.1, 0.15) is 6.17 Å². The number of likely N-dealkylation sites (tertiary alicyclic amines) is 1. The van der Waals surface area contributed by atoms with Crippen molar-refractivity contribution in [2.75, 3.05) is 13.1 Å². The van der Waals surface area contributed by atoms with Crippen LogP contribution in [0.15, 0.2) is 30.5 Å². The van der Waals surface area contributed by atoms with Crippen molar-refractivity contribution in [2.45, 2.75) is 32.5 Å². The third-order valence-corrected chi connectivity index (χ3v) is 3.76. The molecule has 1 aromatic heterocycles. The fourth-order valence-electron chi connectivity index (χ4n) is 2.74. The molecule has 2 nitrogen and oxygen atoms in total. The average molecular weight is 258 g/mol. The predicted octanol–water partition coefficient (Wildman–Crippen LogP) is 3.51. The van der Waals surface area contributed by atoms with E-state index in [2.05, 4.69) is 48.0 Å². The Bertz CT molecular complexity index is 588. The third kappa shape index (κ3) is 2.35. The van der Waals surface area contributed by atoms with Gasteiger partial charge in [-0.2, -0.15) is 0 Å². The van der Waals surface area contributed by atoms with Crippen LogP contribution in [0.25, 0.3) is 10.8 Å². The van der Waals surface area contributed by atoms with E-state index in [9.17, 15) is 4.39 Å². The van der Waals surface area contributed by atoms with Crippen molar-refractivity contribution in [3.63, 3.8) is 0 Å². The van der Waals surface area contributed by atoms with Crippen LogP contribution in [-0.4, -0.2) is 29.1 Å². The van der Waals surface area contributed by atoms with Crippen molar-refractivity contribution >= 4 is 10.8 Å². The molecule has 19 heavy (non-hydrogen) atoms. The van der Waals surface area contributed by atoms with Crippen molar-refractivity contribution in [3.05, 3.63) is 41.7 Å². The first-order valence-corrected chi connectivity index (χ1v) is 6.88. The first kappa shape index (κ1) is 12.5. The quantitative estimate of drug-likeness (QED) is 0.837. The van der Waals surface area contributed by atoms with Crippen molar-refractivity contribution in [3.8, 4) is 0 Å². The van der Waals surface area contributed by atoms with E-state index in [-0.39, 0.29) is 0 Å². The lowest BCUT2D eigenvalue weighted by molar-refractivity contribution is 0.0594. The van der Waals surface area contributed by atoms with Gasteiger partial charge in [-0.3, -0.25) is 9.88 Å². The van der Waals surface area contributed by atoms with Crippen molar-refractivity contribution in [1.82, 2.24) is 9.88 Å². The summed E-state index contributed by atoms with van der Waals surface area (Å²) in [6, 6.07) is 8.39. The summed E-state index contributed by atoms with van der Waals surface area (Å²) in [6.07, 6.45) is 1.32. The number of alkyl halides is 1. The minimum Gasteiger partial charge on any atom is -0.293 e. The predicted molar refractivity (Wildman–Crippen MR) is 76.0 cm³/mol. The lowest BCUT2D eigenvalue weighted by Crippen LogP contribution is -2.47. The standard InChI is InChI=1S/C16H19FN2/c1-11(2)16-15-6-4-3-5-14(15)12(7-18-16)8-19-9-13(17)10-19/h3-7,11,13H,8-10H2,1-2H3. The van der Waals surface area contributed by atoms with Crippen molar-refractivity contribution < 1.29 is 4.39 Å².